The van der Waals surface area contributed by atoms with Crippen LogP contribution in [0.4, 0.5) is 5.69 Å². The number of carbonyl (C=O) groups is 1. The second-order valence-electron chi connectivity index (χ2n) is 8.65. The van der Waals surface area contributed by atoms with Crippen molar-refractivity contribution in [1.29, 1.82) is 0 Å². The van der Waals surface area contributed by atoms with Crippen LogP contribution in [-0.4, -0.2) is 55.5 Å². The fourth-order valence-electron chi connectivity index (χ4n) is 4.24. The second-order valence-corrected chi connectivity index (χ2v) is 9.09. The summed E-state index contributed by atoms with van der Waals surface area (Å²) in [6, 6.07) is 5.10. The molecule has 0 spiro atoms. The summed E-state index contributed by atoms with van der Waals surface area (Å²) in [5, 5.41) is 5.55. The van der Waals surface area contributed by atoms with Gasteiger partial charge in [-0.15, -0.1) is 0 Å². The van der Waals surface area contributed by atoms with Crippen LogP contribution in [0.15, 0.2) is 49.3 Å². The number of ether oxygens (including phenoxy) is 1. The lowest BCUT2D eigenvalue weighted by molar-refractivity contribution is -0.144. The zero-order valence-electron chi connectivity index (χ0n) is 17.8. The highest BCUT2D eigenvalue weighted by atomic mass is 35.5. The molecule has 1 saturated heterocycles. The van der Waals surface area contributed by atoms with E-state index in [2.05, 4.69) is 30.2 Å². The van der Waals surface area contributed by atoms with Crippen LogP contribution in [0.1, 0.15) is 19.4 Å². The van der Waals surface area contributed by atoms with Crippen molar-refractivity contribution < 1.29 is 9.53 Å². The van der Waals surface area contributed by atoms with E-state index in [0.29, 0.717) is 23.8 Å². The molecule has 0 aliphatic carbocycles. The fourth-order valence-corrected chi connectivity index (χ4v) is 4.46. The van der Waals surface area contributed by atoms with Gasteiger partial charge in [0.1, 0.15) is 12.4 Å². The monoisotopic (exact) mass is 450 g/mol. The molecule has 0 bridgehead atoms. The van der Waals surface area contributed by atoms with Crippen LogP contribution in [0.5, 0.6) is 0 Å². The van der Waals surface area contributed by atoms with Gasteiger partial charge in [-0.05, 0) is 32.0 Å². The second kappa shape index (κ2) is 8.12. The highest BCUT2D eigenvalue weighted by Crippen LogP contribution is 2.33. The zero-order chi connectivity index (χ0) is 22.3. The Labute approximate surface area is 190 Å². The van der Waals surface area contributed by atoms with Crippen LogP contribution in [-0.2, 0) is 16.1 Å². The van der Waals surface area contributed by atoms with E-state index in [-0.39, 0.29) is 18.1 Å². The Bertz CT molecular complexity index is 1290. The van der Waals surface area contributed by atoms with Crippen LogP contribution >= 0.6 is 11.6 Å². The van der Waals surface area contributed by atoms with Gasteiger partial charge < -0.3 is 15.0 Å². The molecule has 32 heavy (non-hydrogen) atoms. The van der Waals surface area contributed by atoms with Gasteiger partial charge in [0.25, 0.3) is 0 Å². The molecule has 8 nitrogen and oxygen atoms in total. The predicted molar refractivity (Wildman–Crippen MR) is 124 cm³/mol. The normalized spacial score (nSPS) is 18.8. The third kappa shape index (κ3) is 4.04. The van der Waals surface area contributed by atoms with Crippen molar-refractivity contribution in [2.45, 2.75) is 32.0 Å². The number of nitrogens with one attached hydrogen (secondary N) is 2. The minimum absolute atomic E-state index is 0.155. The van der Waals surface area contributed by atoms with Crippen LogP contribution in [0, 0.1) is 0 Å². The zero-order valence-corrected chi connectivity index (χ0v) is 18.6. The van der Waals surface area contributed by atoms with Crippen molar-refractivity contribution in [3.63, 3.8) is 0 Å². The van der Waals surface area contributed by atoms with E-state index >= 15 is 0 Å². The number of halogens is 1. The molecular weight excluding hydrogens is 428 g/mol. The van der Waals surface area contributed by atoms with E-state index in [0.717, 1.165) is 27.4 Å². The molecule has 1 aromatic carbocycles. The number of morpholine rings is 1. The molecule has 0 unspecified atom stereocenters. The molecule has 3 aromatic heterocycles. The Balaban J connectivity index is 1.46. The minimum atomic E-state index is -0.469. The first-order valence-corrected chi connectivity index (χ1v) is 10.8. The Morgan fingerprint density at radius 1 is 1.25 bits per heavy atom. The number of H-pyrrole nitrogens is 1. The summed E-state index contributed by atoms with van der Waals surface area (Å²) < 4.78 is 5.99. The number of hydrogen-bond donors (Lipinski definition) is 2. The Morgan fingerprint density at radius 2 is 2.06 bits per heavy atom. The molecule has 4 heterocycles. The number of rotatable bonds is 4. The fraction of sp³-hybridized carbons (Fsp3) is 0.304. The average Bonchev–Trinajstić information content (AvgIpc) is 3.13. The van der Waals surface area contributed by atoms with Crippen molar-refractivity contribution >= 4 is 45.0 Å². The maximum absolute atomic E-state index is 13.4. The van der Waals surface area contributed by atoms with Gasteiger partial charge in [0.2, 0.25) is 5.91 Å². The molecule has 1 atom stereocenters. The molecule has 0 saturated carbocycles. The van der Waals surface area contributed by atoms with Crippen molar-refractivity contribution in [2.75, 3.05) is 18.5 Å². The smallest absolute Gasteiger partial charge is 0.244 e. The minimum Gasteiger partial charge on any atom is -0.372 e. The van der Waals surface area contributed by atoms with Crippen LogP contribution < -0.4 is 5.32 Å². The van der Waals surface area contributed by atoms with Gasteiger partial charge >= 0.3 is 0 Å². The van der Waals surface area contributed by atoms with Crippen molar-refractivity contribution in [3.8, 4) is 0 Å². The third-order valence-electron chi connectivity index (χ3n) is 5.69. The van der Waals surface area contributed by atoms with E-state index < -0.39 is 6.04 Å². The SMILES string of the molecule is CC1(C)CN(Cc2cncnc2)[C@H](C(=O)Nc2cc(Cl)cc3c2[nH]c2cnccc23)CO1. The molecule has 1 aliphatic heterocycles. The molecular formula is C23H23ClN6O2. The molecule has 9 heteroatoms. The third-order valence-corrected chi connectivity index (χ3v) is 5.91. The molecule has 1 amide bonds. The molecule has 1 fully saturated rings. The van der Waals surface area contributed by atoms with Gasteiger partial charge in [-0.1, -0.05) is 11.6 Å². The number of aromatic nitrogens is 4. The number of fused-ring (bicyclic) bond motifs is 3. The molecule has 1 aliphatic rings. The van der Waals surface area contributed by atoms with Gasteiger partial charge in [-0.3, -0.25) is 14.7 Å². The lowest BCUT2D eigenvalue weighted by Crippen LogP contribution is -2.57. The highest BCUT2D eigenvalue weighted by molar-refractivity contribution is 6.33. The summed E-state index contributed by atoms with van der Waals surface area (Å²) in [7, 11) is 0. The number of anilines is 1. The van der Waals surface area contributed by atoms with E-state index in [1.807, 2.05) is 26.0 Å². The molecule has 4 aromatic rings. The highest BCUT2D eigenvalue weighted by Gasteiger charge is 2.37. The topological polar surface area (TPSA) is 96.0 Å². The molecule has 0 radical (unpaired) electrons. The molecule has 5 rings (SSSR count). The van der Waals surface area contributed by atoms with Crippen molar-refractivity contribution in [2.24, 2.45) is 0 Å². The van der Waals surface area contributed by atoms with Gasteiger partial charge in [0, 0.05) is 53.0 Å². The Kier molecular flexibility index (Phi) is 5.28. The molecule has 2 N–H and O–H groups in total. The predicted octanol–water partition coefficient (Wildman–Crippen LogP) is 3.78. The van der Waals surface area contributed by atoms with Crippen molar-refractivity contribution in [3.05, 3.63) is 59.9 Å². The average molecular weight is 451 g/mol. The number of carbonyl (C=O) groups excluding carboxylic acids is 1. The summed E-state index contributed by atoms with van der Waals surface area (Å²) in [5.41, 5.74) is 2.90. The van der Waals surface area contributed by atoms with Crippen molar-refractivity contribution in [1.82, 2.24) is 24.8 Å². The summed E-state index contributed by atoms with van der Waals surface area (Å²) in [6.07, 6.45) is 8.53. The lowest BCUT2D eigenvalue weighted by Gasteiger charge is -2.42. The van der Waals surface area contributed by atoms with Crippen LogP contribution in [0.25, 0.3) is 21.8 Å². The first kappa shape index (κ1) is 20.8. The maximum atomic E-state index is 13.4. The first-order chi connectivity index (χ1) is 15.4. The molecule has 164 valence electrons. The summed E-state index contributed by atoms with van der Waals surface area (Å²) in [4.78, 5) is 31.2. The van der Waals surface area contributed by atoms with Gasteiger partial charge in [0.15, 0.2) is 0 Å². The number of nitrogens with zero attached hydrogens (tertiary/aromatic N) is 4. The number of amides is 1. The number of aromatic amines is 1. The van der Waals surface area contributed by atoms with Gasteiger partial charge in [-0.25, -0.2) is 9.97 Å². The van der Waals surface area contributed by atoms with Crippen LogP contribution in [0.2, 0.25) is 5.02 Å². The summed E-state index contributed by atoms with van der Waals surface area (Å²) in [5.74, 6) is -0.155. The van der Waals surface area contributed by atoms with E-state index in [1.54, 1.807) is 30.9 Å². The maximum Gasteiger partial charge on any atom is 0.244 e. The van der Waals surface area contributed by atoms with E-state index in [9.17, 15) is 4.79 Å². The summed E-state index contributed by atoms with van der Waals surface area (Å²) >= 11 is 6.39. The number of pyridine rings is 1. The quantitative estimate of drug-likeness (QED) is 0.491. The first-order valence-electron chi connectivity index (χ1n) is 10.4. The van der Waals surface area contributed by atoms with Gasteiger partial charge in [-0.2, -0.15) is 0 Å². The van der Waals surface area contributed by atoms with Crippen LogP contribution in [0.3, 0.4) is 0 Å². The Morgan fingerprint density at radius 3 is 2.88 bits per heavy atom. The summed E-state index contributed by atoms with van der Waals surface area (Å²) in [6.45, 7) is 5.48. The largest absolute Gasteiger partial charge is 0.372 e. The van der Waals surface area contributed by atoms with Gasteiger partial charge in [0.05, 0.1) is 35.1 Å². The van der Waals surface area contributed by atoms with E-state index in [1.165, 1.54) is 6.33 Å². The lowest BCUT2D eigenvalue weighted by atomic mass is 10.0. The standard InChI is InChI=1S/C23H23ClN6O2/c1-23(2)12-30(10-14-7-26-13-27-8-14)20(11-32-23)22(31)29-18-6-15(24)5-17-16-3-4-25-9-19(16)28-21(17)18/h3-9,13,20,28H,10-12H2,1-2H3,(H,29,31)/t20-/m0/s1. The van der Waals surface area contributed by atoms with E-state index in [4.69, 9.17) is 16.3 Å². The number of benzene rings is 1. The Hall–Kier alpha value is -3.07. The number of hydrogen-bond acceptors (Lipinski definition) is 6.